The fraction of sp³-hybridized carbons (Fsp3) is 0.176. The fourth-order valence-corrected chi connectivity index (χ4v) is 1.94. The Balaban J connectivity index is 2.20. The normalized spacial score (nSPS) is 11.0. The van der Waals surface area contributed by atoms with Crippen LogP contribution in [0.1, 0.15) is 18.1 Å². The van der Waals surface area contributed by atoms with Crippen molar-refractivity contribution in [2.24, 2.45) is 0 Å². The lowest BCUT2D eigenvalue weighted by Gasteiger charge is -2.04. The van der Waals surface area contributed by atoms with Gasteiger partial charge < -0.3 is 4.74 Å². The Morgan fingerprint density at radius 1 is 0.889 bits per heavy atom. The van der Waals surface area contributed by atoms with Crippen LogP contribution in [0.4, 0.5) is 0 Å². The first-order chi connectivity index (χ1) is 8.83. The van der Waals surface area contributed by atoms with E-state index >= 15 is 0 Å². The molecule has 1 nitrogen and oxygen atoms in total. The van der Waals surface area contributed by atoms with Crippen LogP contribution in [0.25, 0.3) is 17.2 Å². The molecule has 0 spiro atoms. The summed E-state index contributed by atoms with van der Waals surface area (Å²) in [5, 5.41) is 0. The number of hydrogen-bond donors (Lipinski definition) is 0. The first kappa shape index (κ1) is 12.6. The number of methoxy groups -OCH3 is 1. The zero-order valence-corrected chi connectivity index (χ0v) is 10.9. The van der Waals surface area contributed by atoms with E-state index in [1.807, 2.05) is 6.92 Å². The van der Waals surface area contributed by atoms with E-state index in [2.05, 4.69) is 60.7 Å². The van der Waals surface area contributed by atoms with Gasteiger partial charge in [0.05, 0.1) is 6.61 Å². The van der Waals surface area contributed by atoms with E-state index in [1.165, 1.54) is 22.3 Å². The number of ether oxygens (including phenoxy) is 1. The predicted molar refractivity (Wildman–Crippen MR) is 77.3 cm³/mol. The minimum atomic E-state index is 0.667. The van der Waals surface area contributed by atoms with Crippen LogP contribution in [-0.2, 0) is 11.3 Å². The van der Waals surface area contributed by atoms with Crippen molar-refractivity contribution in [3.63, 3.8) is 0 Å². The summed E-state index contributed by atoms with van der Waals surface area (Å²) >= 11 is 0. The molecule has 2 aromatic rings. The number of allylic oxidation sites excluding steroid dienone is 1. The van der Waals surface area contributed by atoms with Crippen molar-refractivity contribution in [1.29, 1.82) is 0 Å². The quantitative estimate of drug-likeness (QED) is 0.760. The molecule has 2 rings (SSSR count). The fourth-order valence-electron chi connectivity index (χ4n) is 1.94. The van der Waals surface area contributed by atoms with Crippen LogP contribution in [0.3, 0.4) is 0 Å². The highest BCUT2D eigenvalue weighted by Crippen LogP contribution is 2.21. The van der Waals surface area contributed by atoms with Gasteiger partial charge in [-0.25, -0.2) is 0 Å². The Bertz CT molecular complexity index is 506. The first-order valence-corrected chi connectivity index (χ1v) is 6.14. The summed E-state index contributed by atoms with van der Waals surface area (Å²) in [6.45, 7) is 2.70. The average Bonchev–Trinajstić information content (AvgIpc) is 2.41. The van der Waals surface area contributed by atoms with Gasteiger partial charge in [0.2, 0.25) is 0 Å². The monoisotopic (exact) mass is 238 g/mol. The molecule has 92 valence electrons. The van der Waals surface area contributed by atoms with Crippen LogP contribution < -0.4 is 0 Å². The van der Waals surface area contributed by atoms with Crippen LogP contribution in [0.15, 0.2) is 54.6 Å². The molecular formula is C17H18O. The van der Waals surface area contributed by atoms with Crippen molar-refractivity contribution in [2.45, 2.75) is 13.5 Å². The van der Waals surface area contributed by atoms with E-state index < -0.39 is 0 Å². The first-order valence-electron chi connectivity index (χ1n) is 6.14. The van der Waals surface area contributed by atoms with Crippen LogP contribution in [0.5, 0.6) is 0 Å². The topological polar surface area (TPSA) is 9.23 Å². The second kappa shape index (κ2) is 6.18. The van der Waals surface area contributed by atoms with Crippen LogP contribution in [0, 0.1) is 0 Å². The predicted octanol–water partition coefficient (Wildman–Crippen LogP) is 4.53. The molecule has 0 fully saturated rings. The summed E-state index contributed by atoms with van der Waals surface area (Å²) in [6.07, 6.45) is 4.15. The smallest absolute Gasteiger partial charge is 0.0713 e. The molecule has 0 saturated carbocycles. The van der Waals surface area contributed by atoms with Gasteiger partial charge in [-0.15, -0.1) is 0 Å². The maximum atomic E-state index is 5.11. The molecule has 2 aromatic carbocycles. The molecule has 0 bridgehead atoms. The van der Waals surface area contributed by atoms with E-state index in [0.29, 0.717) is 6.61 Å². The molecule has 0 radical (unpaired) electrons. The van der Waals surface area contributed by atoms with Crippen molar-refractivity contribution in [3.8, 4) is 11.1 Å². The van der Waals surface area contributed by atoms with E-state index in [9.17, 15) is 0 Å². The number of rotatable bonds is 4. The molecular weight excluding hydrogens is 220 g/mol. The van der Waals surface area contributed by atoms with E-state index in [-0.39, 0.29) is 0 Å². The Morgan fingerprint density at radius 3 is 1.94 bits per heavy atom. The highest BCUT2D eigenvalue weighted by atomic mass is 16.5. The molecule has 18 heavy (non-hydrogen) atoms. The summed E-state index contributed by atoms with van der Waals surface area (Å²) < 4.78 is 5.11. The summed E-state index contributed by atoms with van der Waals surface area (Å²) in [5.41, 5.74) is 4.91. The summed E-state index contributed by atoms with van der Waals surface area (Å²) in [7, 11) is 1.72. The zero-order valence-electron chi connectivity index (χ0n) is 10.9. The van der Waals surface area contributed by atoms with E-state index in [0.717, 1.165) is 0 Å². The minimum absolute atomic E-state index is 0.667. The third-order valence-electron chi connectivity index (χ3n) is 2.87. The Morgan fingerprint density at radius 2 is 1.44 bits per heavy atom. The average molecular weight is 238 g/mol. The molecule has 1 heteroatoms. The second-order valence-corrected chi connectivity index (χ2v) is 4.25. The second-order valence-electron chi connectivity index (χ2n) is 4.25. The Labute approximate surface area is 109 Å². The molecule has 0 aromatic heterocycles. The molecule has 0 unspecified atom stereocenters. The van der Waals surface area contributed by atoms with Gasteiger partial charge in [-0.3, -0.25) is 0 Å². The van der Waals surface area contributed by atoms with Crippen molar-refractivity contribution in [2.75, 3.05) is 7.11 Å². The van der Waals surface area contributed by atoms with Gasteiger partial charge in [0.1, 0.15) is 0 Å². The van der Waals surface area contributed by atoms with Gasteiger partial charge >= 0.3 is 0 Å². The Hall–Kier alpha value is -1.86. The van der Waals surface area contributed by atoms with Gasteiger partial charge in [-0.1, -0.05) is 60.7 Å². The highest BCUT2D eigenvalue weighted by molar-refractivity contribution is 5.65. The van der Waals surface area contributed by atoms with Gasteiger partial charge in [0.15, 0.2) is 0 Å². The molecule has 0 atom stereocenters. The Kier molecular flexibility index (Phi) is 4.32. The number of hydrogen-bond acceptors (Lipinski definition) is 1. The third-order valence-corrected chi connectivity index (χ3v) is 2.87. The summed E-state index contributed by atoms with van der Waals surface area (Å²) in [4.78, 5) is 0. The zero-order chi connectivity index (χ0) is 12.8. The van der Waals surface area contributed by atoms with Crippen molar-refractivity contribution < 1.29 is 4.74 Å². The van der Waals surface area contributed by atoms with Gasteiger partial charge in [-0.05, 0) is 29.2 Å². The number of benzene rings is 2. The highest BCUT2D eigenvalue weighted by Gasteiger charge is 1.98. The molecule has 0 aliphatic carbocycles. The molecule has 0 saturated heterocycles. The van der Waals surface area contributed by atoms with Gasteiger partial charge in [0.25, 0.3) is 0 Å². The van der Waals surface area contributed by atoms with Gasteiger partial charge in [0, 0.05) is 7.11 Å². The van der Waals surface area contributed by atoms with Crippen LogP contribution in [0.2, 0.25) is 0 Å². The van der Waals surface area contributed by atoms with Crippen molar-refractivity contribution in [1.82, 2.24) is 0 Å². The van der Waals surface area contributed by atoms with Crippen LogP contribution in [-0.4, -0.2) is 7.11 Å². The molecule has 0 N–H and O–H groups in total. The molecule has 0 amide bonds. The van der Waals surface area contributed by atoms with Crippen molar-refractivity contribution in [3.05, 3.63) is 65.7 Å². The minimum Gasteiger partial charge on any atom is -0.380 e. The summed E-state index contributed by atoms with van der Waals surface area (Å²) in [5.74, 6) is 0. The standard InChI is InChI=1S/C17H18O/c1-3-4-14-5-9-16(10-6-14)17-11-7-15(8-12-17)13-18-2/h3-12H,13H2,1-2H3. The summed E-state index contributed by atoms with van der Waals surface area (Å²) in [6, 6.07) is 17.1. The van der Waals surface area contributed by atoms with E-state index in [1.54, 1.807) is 7.11 Å². The SMILES string of the molecule is CC=Cc1ccc(-c2ccc(COC)cc2)cc1. The van der Waals surface area contributed by atoms with Crippen molar-refractivity contribution >= 4 is 6.08 Å². The third kappa shape index (κ3) is 3.08. The lowest BCUT2D eigenvalue weighted by molar-refractivity contribution is 0.185. The maximum absolute atomic E-state index is 5.11. The lowest BCUT2D eigenvalue weighted by Crippen LogP contribution is -1.87. The van der Waals surface area contributed by atoms with Crippen LogP contribution >= 0.6 is 0 Å². The van der Waals surface area contributed by atoms with E-state index in [4.69, 9.17) is 4.74 Å². The maximum Gasteiger partial charge on any atom is 0.0713 e. The largest absolute Gasteiger partial charge is 0.380 e. The molecule has 0 aliphatic rings. The molecule has 0 aliphatic heterocycles. The lowest BCUT2D eigenvalue weighted by atomic mass is 10.0. The van der Waals surface area contributed by atoms with Gasteiger partial charge in [-0.2, -0.15) is 0 Å². The molecule has 0 heterocycles.